The summed E-state index contributed by atoms with van der Waals surface area (Å²) in [5, 5.41) is 6.61. The van der Waals surface area contributed by atoms with Crippen LogP contribution in [0, 0.1) is 0 Å². The maximum atomic E-state index is 5.57. The van der Waals surface area contributed by atoms with Crippen molar-refractivity contribution in [2.45, 2.75) is 32.3 Å². The molecule has 4 rings (SSSR count). The largest absolute Gasteiger partial charge is 0.392 e. The van der Waals surface area contributed by atoms with Crippen LogP contribution in [0.5, 0.6) is 0 Å². The minimum Gasteiger partial charge on any atom is -0.392 e. The van der Waals surface area contributed by atoms with Gasteiger partial charge in [0.25, 0.3) is 0 Å². The van der Waals surface area contributed by atoms with Crippen molar-refractivity contribution in [3.8, 4) is 11.1 Å². The second-order valence-corrected chi connectivity index (χ2v) is 6.18. The lowest BCUT2D eigenvalue weighted by Crippen LogP contribution is -2.12. The minimum atomic E-state index is 0.110. The number of benzene rings is 2. The Morgan fingerprint density at radius 2 is 1.75 bits per heavy atom. The fourth-order valence-electron chi connectivity index (χ4n) is 3.28. The fraction of sp³-hybridized carbons (Fsp3) is 0.238. The third kappa shape index (κ3) is 2.78. The number of oxime groups is 1. The van der Waals surface area contributed by atoms with E-state index in [4.69, 9.17) is 9.82 Å². The number of fused-ring (bicyclic) bond motifs is 1. The quantitative estimate of drug-likeness (QED) is 0.679. The highest BCUT2D eigenvalue weighted by molar-refractivity contribution is 5.97. The third-order valence-electron chi connectivity index (χ3n) is 4.59. The van der Waals surface area contributed by atoms with Gasteiger partial charge in [0, 0.05) is 30.0 Å². The van der Waals surface area contributed by atoms with Gasteiger partial charge in [-0.1, -0.05) is 66.7 Å². The molecular weight excluding hydrogens is 296 g/mol. The van der Waals surface area contributed by atoms with Gasteiger partial charge in [-0.25, -0.2) is 0 Å². The highest BCUT2D eigenvalue weighted by Gasteiger charge is 2.22. The molecule has 0 saturated carbocycles. The molecule has 1 unspecified atom stereocenters. The lowest BCUT2D eigenvalue weighted by Gasteiger charge is -2.13. The topological polar surface area (TPSA) is 34.5 Å². The van der Waals surface area contributed by atoms with Gasteiger partial charge in [-0.3, -0.25) is 4.98 Å². The second kappa shape index (κ2) is 6.44. The van der Waals surface area contributed by atoms with E-state index in [0.29, 0.717) is 0 Å². The van der Waals surface area contributed by atoms with Crippen molar-refractivity contribution in [2.75, 3.05) is 0 Å². The van der Waals surface area contributed by atoms with Crippen LogP contribution in [0.2, 0.25) is 0 Å². The molecule has 0 radical (unpaired) electrons. The molecule has 1 aliphatic rings. The van der Waals surface area contributed by atoms with E-state index in [1.54, 1.807) is 0 Å². The lowest BCUT2D eigenvalue weighted by molar-refractivity contribution is 0.0854. The molecule has 120 valence electrons. The number of nitrogens with zero attached hydrogens (tertiary/aromatic N) is 2. The van der Waals surface area contributed by atoms with Crippen LogP contribution in [0.15, 0.2) is 65.9 Å². The van der Waals surface area contributed by atoms with Crippen molar-refractivity contribution in [3.63, 3.8) is 0 Å². The number of rotatable bonds is 4. The smallest absolute Gasteiger partial charge is 0.138 e. The highest BCUT2D eigenvalue weighted by atomic mass is 16.6. The second-order valence-electron chi connectivity index (χ2n) is 6.18. The third-order valence-corrected chi connectivity index (χ3v) is 4.59. The molecule has 0 N–H and O–H groups in total. The van der Waals surface area contributed by atoms with Gasteiger partial charge in [-0.05, 0) is 17.4 Å². The van der Waals surface area contributed by atoms with E-state index >= 15 is 0 Å². The number of hydrogen-bond acceptors (Lipinski definition) is 3. The molecule has 0 aliphatic carbocycles. The molecule has 2 heterocycles. The number of hydrogen-bond donors (Lipinski definition) is 0. The van der Waals surface area contributed by atoms with Gasteiger partial charge in [0.1, 0.15) is 6.10 Å². The molecule has 3 nitrogen and oxygen atoms in total. The summed E-state index contributed by atoms with van der Waals surface area (Å²) in [6.45, 7) is 2.12. The summed E-state index contributed by atoms with van der Waals surface area (Å²) < 4.78 is 0. The first kappa shape index (κ1) is 14.9. The summed E-state index contributed by atoms with van der Waals surface area (Å²) in [5.41, 5.74) is 4.60. The van der Waals surface area contributed by atoms with Crippen molar-refractivity contribution < 1.29 is 4.84 Å². The molecule has 1 aromatic heterocycles. The SMILES string of the molecule is CCC1=NOC(Cc2ncc(-c3ccccc3)c3ccccc23)C1. The molecule has 0 spiro atoms. The zero-order valence-corrected chi connectivity index (χ0v) is 13.8. The zero-order chi connectivity index (χ0) is 16.4. The van der Waals surface area contributed by atoms with Crippen LogP contribution in [0.3, 0.4) is 0 Å². The van der Waals surface area contributed by atoms with Crippen molar-refractivity contribution in [2.24, 2.45) is 5.16 Å². The Bertz CT molecular complexity index is 887. The molecule has 24 heavy (non-hydrogen) atoms. The van der Waals surface area contributed by atoms with Gasteiger partial charge in [0.15, 0.2) is 0 Å². The maximum absolute atomic E-state index is 5.57. The molecule has 0 saturated heterocycles. The Morgan fingerprint density at radius 1 is 1.00 bits per heavy atom. The van der Waals surface area contributed by atoms with E-state index in [2.05, 4.69) is 60.6 Å². The Balaban J connectivity index is 1.71. The zero-order valence-electron chi connectivity index (χ0n) is 13.8. The predicted molar refractivity (Wildman–Crippen MR) is 98.1 cm³/mol. The van der Waals surface area contributed by atoms with Gasteiger partial charge in [-0.2, -0.15) is 0 Å². The summed E-state index contributed by atoms with van der Waals surface area (Å²) in [4.78, 5) is 10.3. The number of pyridine rings is 1. The Morgan fingerprint density at radius 3 is 2.50 bits per heavy atom. The first-order valence-corrected chi connectivity index (χ1v) is 8.48. The normalized spacial score (nSPS) is 16.9. The van der Waals surface area contributed by atoms with E-state index in [0.717, 1.165) is 30.7 Å². The van der Waals surface area contributed by atoms with Crippen molar-refractivity contribution in [1.82, 2.24) is 4.98 Å². The molecule has 0 fully saturated rings. The van der Waals surface area contributed by atoms with Crippen molar-refractivity contribution in [3.05, 3.63) is 66.5 Å². The van der Waals surface area contributed by atoms with E-state index < -0.39 is 0 Å². The predicted octanol–water partition coefficient (Wildman–Crippen LogP) is 5.00. The first-order chi connectivity index (χ1) is 11.8. The molecule has 3 heteroatoms. The van der Waals surface area contributed by atoms with Gasteiger partial charge in [0.2, 0.25) is 0 Å². The summed E-state index contributed by atoms with van der Waals surface area (Å²) in [6.07, 6.45) is 4.76. The standard InChI is InChI=1S/C21H20N2O/c1-2-16-12-17(24-23-16)13-21-19-11-7-6-10-18(19)20(14-22-21)15-8-4-3-5-9-15/h3-11,14,17H,2,12-13H2,1H3. The van der Waals surface area contributed by atoms with Crippen LogP contribution in [-0.2, 0) is 11.3 Å². The van der Waals surface area contributed by atoms with Gasteiger partial charge in [-0.15, -0.1) is 0 Å². The van der Waals surface area contributed by atoms with Crippen LogP contribution < -0.4 is 0 Å². The summed E-state index contributed by atoms with van der Waals surface area (Å²) in [7, 11) is 0. The van der Waals surface area contributed by atoms with Crippen LogP contribution in [0.1, 0.15) is 25.5 Å². The van der Waals surface area contributed by atoms with Crippen molar-refractivity contribution in [1.29, 1.82) is 0 Å². The highest BCUT2D eigenvalue weighted by Crippen LogP contribution is 2.30. The Hall–Kier alpha value is -2.68. The van der Waals surface area contributed by atoms with Crippen LogP contribution in [0.25, 0.3) is 21.9 Å². The first-order valence-electron chi connectivity index (χ1n) is 8.48. The average Bonchev–Trinajstić information content (AvgIpc) is 3.10. The van der Waals surface area contributed by atoms with E-state index in [-0.39, 0.29) is 6.10 Å². The van der Waals surface area contributed by atoms with Gasteiger partial charge < -0.3 is 4.84 Å². The average molecular weight is 316 g/mol. The summed E-state index contributed by atoms with van der Waals surface area (Å²) in [5.74, 6) is 0. The van der Waals surface area contributed by atoms with Gasteiger partial charge >= 0.3 is 0 Å². The molecule has 0 bridgehead atoms. The molecule has 1 aliphatic heterocycles. The number of aromatic nitrogens is 1. The van der Waals surface area contributed by atoms with Crippen LogP contribution in [0.4, 0.5) is 0 Å². The minimum absolute atomic E-state index is 0.110. The Kier molecular flexibility index (Phi) is 3.99. The summed E-state index contributed by atoms with van der Waals surface area (Å²) >= 11 is 0. The van der Waals surface area contributed by atoms with E-state index in [9.17, 15) is 0 Å². The maximum Gasteiger partial charge on any atom is 0.138 e. The monoisotopic (exact) mass is 316 g/mol. The van der Waals surface area contributed by atoms with Gasteiger partial charge in [0.05, 0.1) is 11.4 Å². The van der Waals surface area contributed by atoms with E-state index in [1.807, 2.05) is 12.3 Å². The lowest BCUT2D eigenvalue weighted by atomic mass is 9.97. The van der Waals surface area contributed by atoms with Crippen LogP contribution >= 0.6 is 0 Å². The van der Waals surface area contributed by atoms with E-state index in [1.165, 1.54) is 21.9 Å². The summed E-state index contributed by atoms with van der Waals surface area (Å²) in [6, 6.07) is 18.9. The molecule has 3 aromatic rings. The van der Waals surface area contributed by atoms with Crippen LogP contribution in [-0.4, -0.2) is 16.8 Å². The molecule has 1 atom stereocenters. The molecular formula is C21H20N2O. The fourth-order valence-corrected chi connectivity index (χ4v) is 3.28. The Labute approximate surface area is 142 Å². The molecule has 2 aromatic carbocycles. The van der Waals surface area contributed by atoms with Crippen molar-refractivity contribution >= 4 is 16.5 Å². The molecule has 0 amide bonds.